The van der Waals surface area contributed by atoms with Gasteiger partial charge in [0, 0.05) is 25.8 Å². The molecule has 1 rings (SSSR count). The molecule has 1 heterocycles. The molecule has 0 bridgehead atoms. The Morgan fingerprint density at radius 3 is 2.73 bits per heavy atom. The minimum absolute atomic E-state index is 0.241. The highest BCUT2D eigenvalue weighted by Crippen LogP contribution is 2.34. The molecule has 1 aliphatic heterocycles. The number of carbonyl (C=O) groups excluding carboxylic acids is 2. The first-order chi connectivity index (χ1) is 12.4. The molecule has 1 amide bonds. The minimum Gasteiger partial charge on any atom is -0.469 e. The van der Waals surface area contributed by atoms with Crippen LogP contribution >= 0.6 is 0 Å². The quantitative estimate of drug-likeness (QED) is 0.238. The van der Waals surface area contributed by atoms with Crippen LogP contribution in [0.5, 0.6) is 0 Å². The van der Waals surface area contributed by atoms with E-state index in [1.54, 1.807) is 13.0 Å². The molecule has 0 aromatic carbocycles. The number of halogens is 2. The predicted molar refractivity (Wildman–Crippen MR) is 96.6 cm³/mol. The lowest BCUT2D eigenvalue weighted by atomic mass is 10.1. The van der Waals surface area contributed by atoms with Gasteiger partial charge in [-0.3, -0.25) is 9.59 Å². The van der Waals surface area contributed by atoms with Gasteiger partial charge in [-0.05, 0) is 32.6 Å². The van der Waals surface area contributed by atoms with Crippen molar-refractivity contribution in [2.24, 2.45) is 0 Å². The fraction of sp³-hybridized carbons (Fsp3) is 0.700. The Hall–Kier alpha value is -1.90. The number of methoxy groups -OCH3 is 1. The normalized spacial score (nSPS) is 18.8. The van der Waals surface area contributed by atoms with E-state index in [9.17, 15) is 18.4 Å². The lowest BCUT2D eigenvalue weighted by Crippen LogP contribution is -2.36. The van der Waals surface area contributed by atoms with E-state index in [0.29, 0.717) is 25.8 Å². The summed E-state index contributed by atoms with van der Waals surface area (Å²) in [6.45, 7) is 2.11. The average Bonchev–Trinajstić information content (AvgIpc) is 2.83. The second-order valence-corrected chi connectivity index (χ2v) is 6.46. The summed E-state index contributed by atoms with van der Waals surface area (Å²) >= 11 is 0. The van der Waals surface area contributed by atoms with Crippen LogP contribution in [0, 0.1) is 11.8 Å². The van der Waals surface area contributed by atoms with E-state index in [1.165, 1.54) is 12.0 Å². The Bertz CT molecular complexity index is 549. The first-order valence-corrected chi connectivity index (χ1v) is 9.24. The van der Waals surface area contributed by atoms with Crippen LogP contribution in [-0.4, -0.2) is 42.4 Å². The monoisotopic (exact) mass is 369 g/mol. The van der Waals surface area contributed by atoms with Crippen LogP contribution in [0.3, 0.4) is 0 Å². The van der Waals surface area contributed by atoms with Crippen molar-refractivity contribution in [2.45, 2.75) is 76.7 Å². The number of amides is 1. The standard InChI is InChI=1S/C20H29F2NO3/c1-3-4-5-6-7-10-13-17-16-20(21,22)19(25)23(17)15-12-9-8-11-14-18(24)26-2/h10,13,17H,5-9,11-12,14-16H2,1-2H3/b13-10+. The summed E-state index contributed by atoms with van der Waals surface area (Å²) in [5.41, 5.74) is 0. The number of alkyl halides is 2. The number of unbranched alkanes of at least 4 members (excludes halogenated alkanes) is 5. The molecule has 1 atom stereocenters. The number of allylic oxidation sites excluding steroid dienone is 1. The molecular weight excluding hydrogens is 340 g/mol. The summed E-state index contributed by atoms with van der Waals surface area (Å²) in [6, 6.07) is -0.537. The smallest absolute Gasteiger partial charge is 0.327 e. The van der Waals surface area contributed by atoms with Crippen LogP contribution in [0.1, 0.15) is 64.7 Å². The van der Waals surface area contributed by atoms with E-state index in [4.69, 9.17) is 0 Å². The van der Waals surface area contributed by atoms with Crippen LogP contribution in [0.15, 0.2) is 12.2 Å². The number of carbonyl (C=O) groups is 2. The Balaban J connectivity index is 2.40. The zero-order chi connectivity index (χ0) is 19.4. The summed E-state index contributed by atoms with van der Waals surface area (Å²) in [5.74, 6) is 1.20. The van der Waals surface area contributed by atoms with Gasteiger partial charge in [0.05, 0.1) is 13.2 Å². The molecule has 26 heavy (non-hydrogen) atoms. The van der Waals surface area contributed by atoms with Gasteiger partial charge < -0.3 is 9.64 Å². The number of nitrogens with zero attached hydrogens (tertiary/aromatic N) is 1. The molecule has 0 aliphatic carbocycles. The van der Waals surface area contributed by atoms with E-state index < -0.39 is 24.3 Å². The zero-order valence-electron chi connectivity index (χ0n) is 15.7. The van der Waals surface area contributed by atoms with Crippen molar-refractivity contribution in [3.05, 3.63) is 12.2 Å². The average molecular weight is 369 g/mol. The minimum atomic E-state index is -3.27. The van der Waals surface area contributed by atoms with Crippen LogP contribution in [-0.2, 0) is 14.3 Å². The second-order valence-electron chi connectivity index (χ2n) is 6.46. The maximum absolute atomic E-state index is 13.8. The molecule has 1 aliphatic rings. The number of rotatable bonds is 11. The third-order valence-electron chi connectivity index (χ3n) is 4.40. The Morgan fingerprint density at radius 1 is 1.31 bits per heavy atom. The molecule has 0 N–H and O–H groups in total. The lowest BCUT2D eigenvalue weighted by Gasteiger charge is -2.21. The van der Waals surface area contributed by atoms with Gasteiger partial charge in [0.15, 0.2) is 0 Å². The van der Waals surface area contributed by atoms with Crippen LogP contribution in [0.4, 0.5) is 8.78 Å². The first kappa shape index (κ1) is 22.1. The molecule has 1 unspecified atom stereocenters. The van der Waals surface area contributed by atoms with Crippen molar-refractivity contribution >= 4 is 11.9 Å². The molecule has 0 spiro atoms. The summed E-state index contributed by atoms with van der Waals surface area (Å²) in [6.07, 6.45) is 8.93. The fourth-order valence-electron chi connectivity index (χ4n) is 2.95. The molecule has 0 saturated carbocycles. The number of hydrogen-bond donors (Lipinski definition) is 0. The third-order valence-corrected chi connectivity index (χ3v) is 4.40. The molecule has 1 saturated heterocycles. The molecule has 0 radical (unpaired) electrons. The highest BCUT2D eigenvalue weighted by atomic mass is 19.3. The van der Waals surface area contributed by atoms with Crippen molar-refractivity contribution in [2.75, 3.05) is 13.7 Å². The van der Waals surface area contributed by atoms with Gasteiger partial charge in [0.2, 0.25) is 0 Å². The Morgan fingerprint density at radius 2 is 2.04 bits per heavy atom. The Labute approximate surface area is 155 Å². The molecule has 6 heteroatoms. The molecule has 146 valence electrons. The summed E-state index contributed by atoms with van der Waals surface area (Å²) < 4.78 is 32.1. The van der Waals surface area contributed by atoms with E-state index in [-0.39, 0.29) is 5.97 Å². The second kappa shape index (κ2) is 11.7. The fourth-order valence-corrected chi connectivity index (χ4v) is 2.95. The van der Waals surface area contributed by atoms with E-state index in [0.717, 1.165) is 32.1 Å². The van der Waals surface area contributed by atoms with Gasteiger partial charge in [-0.1, -0.05) is 25.0 Å². The van der Waals surface area contributed by atoms with Gasteiger partial charge in [-0.25, -0.2) is 0 Å². The van der Waals surface area contributed by atoms with Crippen molar-refractivity contribution in [1.82, 2.24) is 4.90 Å². The van der Waals surface area contributed by atoms with Crippen molar-refractivity contribution < 1.29 is 23.1 Å². The summed E-state index contributed by atoms with van der Waals surface area (Å²) in [7, 11) is 1.35. The van der Waals surface area contributed by atoms with Crippen LogP contribution in [0.2, 0.25) is 0 Å². The molecule has 0 aromatic rings. The number of hydrogen-bond acceptors (Lipinski definition) is 3. The number of likely N-dealkylation sites (tertiary alicyclic amines) is 1. The SMILES string of the molecule is CC#CCCC/C=C/C1CC(F)(F)C(=O)N1CCCCCCC(=O)OC. The predicted octanol–water partition coefficient (Wildman–Crippen LogP) is 4.10. The van der Waals surface area contributed by atoms with E-state index in [2.05, 4.69) is 16.6 Å². The number of ether oxygens (including phenoxy) is 1. The van der Waals surface area contributed by atoms with Crippen molar-refractivity contribution in [1.29, 1.82) is 0 Å². The van der Waals surface area contributed by atoms with Gasteiger partial charge >= 0.3 is 11.9 Å². The van der Waals surface area contributed by atoms with Gasteiger partial charge in [-0.15, -0.1) is 11.8 Å². The summed E-state index contributed by atoms with van der Waals surface area (Å²) in [5, 5.41) is 0. The largest absolute Gasteiger partial charge is 0.469 e. The molecule has 0 aromatic heterocycles. The van der Waals surface area contributed by atoms with Gasteiger partial charge in [0.1, 0.15) is 0 Å². The maximum Gasteiger partial charge on any atom is 0.327 e. The Kier molecular flexibility index (Phi) is 9.93. The first-order valence-electron chi connectivity index (χ1n) is 9.24. The third kappa shape index (κ3) is 7.55. The van der Waals surface area contributed by atoms with Gasteiger partial charge in [0.25, 0.3) is 5.91 Å². The highest BCUT2D eigenvalue weighted by Gasteiger charge is 2.52. The zero-order valence-corrected chi connectivity index (χ0v) is 15.7. The van der Waals surface area contributed by atoms with E-state index >= 15 is 0 Å². The maximum atomic E-state index is 13.8. The highest BCUT2D eigenvalue weighted by molar-refractivity contribution is 5.86. The lowest BCUT2D eigenvalue weighted by molar-refractivity contribution is -0.148. The van der Waals surface area contributed by atoms with E-state index in [1.807, 2.05) is 6.08 Å². The van der Waals surface area contributed by atoms with Gasteiger partial charge in [-0.2, -0.15) is 8.78 Å². The van der Waals surface area contributed by atoms with Crippen molar-refractivity contribution in [3.63, 3.8) is 0 Å². The molecule has 4 nitrogen and oxygen atoms in total. The van der Waals surface area contributed by atoms with Crippen LogP contribution < -0.4 is 0 Å². The number of esters is 1. The van der Waals surface area contributed by atoms with Crippen LogP contribution in [0.25, 0.3) is 0 Å². The summed E-state index contributed by atoms with van der Waals surface area (Å²) in [4.78, 5) is 24.2. The molecule has 1 fully saturated rings. The van der Waals surface area contributed by atoms with Crippen molar-refractivity contribution in [3.8, 4) is 11.8 Å². The molecular formula is C20H29F2NO3. The topological polar surface area (TPSA) is 46.6 Å².